The largest absolute Gasteiger partial charge is 0.381 e. The standard InChI is InChI=1S/C15H24N4O2/c1-3-6-16-14-9-17-13(8-18-14)15(20)19(2)10-12-5-4-7-21-11-12/h8-9,12H,3-7,10-11H2,1-2H3,(H,16,18). The third-order valence-electron chi connectivity index (χ3n) is 3.56. The zero-order chi connectivity index (χ0) is 15.1. The van der Waals surface area contributed by atoms with Crippen LogP contribution in [-0.4, -0.2) is 54.1 Å². The number of nitrogens with one attached hydrogen (secondary N) is 1. The second-order valence-electron chi connectivity index (χ2n) is 5.48. The number of amides is 1. The second-order valence-corrected chi connectivity index (χ2v) is 5.48. The van der Waals surface area contributed by atoms with Gasteiger partial charge in [-0.2, -0.15) is 0 Å². The summed E-state index contributed by atoms with van der Waals surface area (Å²) in [6.07, 6.45) is 6.36. The van der Waals surface area contributed by atoms with Crippen LogP contribution < -0.4 is 5.32 Å². The molecular weight excluding hydrogens is 268 g/mol. The van der Waals surface area contributed by atoms with Crippen LogP contribution in [0.1, 0.15) is 36.7 Å². The lowest BCUT2D eigenvalue weighted by atomic mass is 10.0. The van der Waals surface area contributed by atoms with E-state index >= 15 is 0 Å². The molecule has 0 bridgehead atoms. The first-order valence-corrected chi connectivity index (χ1v) is 7.59. The van der Waals surface area contributed by atoms with Crippen molar-refractivity contribution in [1.82, 2.24) is 14.9 Å². The van der Waals surface area contributed by atoms with Gasteiger partial charge in [-0.15, -0.1) is 0 Å². The van der Waals surface area contributed by atoms with Crippen molar-refractivity contribution in [2.24, 2.45) is 5.92 Å². The van der Waals surface area contributed by atoms with Gasteiger partial charge in [-0.25, -0.2) is 9.97 Å². The van der Waals surface area contributed by atoms with E-state index in [1.165, 1.54) is 6.20 Å². The predicted octanol–water partition coefficient (Wildman–Crippen LogP) is 1.80. The van der Waals surface area contributed by atoms with Gasteiger partial charge in [0.1, 0.15) is 11.5 Å². The van der Waals surface area contributed by atoms with Crippen LogP contribution in [0.3, 0.4) is 0 Å². The monoisotopic (exact) mass is 292 g/mol. The predicted molar refractivity (Wildman–Crippen MR) is 81.3 cm³/mol. The van der Waals surface area contributed by atoms with Gasteiger partial charge in [0.25, 0.3) is 5.91 Å². The zero-order valence-corrected chi connectivity index (χ0v) is 12.8. The first kappa shape index (κ1) is 15.7. The lowest BCUT2D eigenvalue weighted by Crippen LogP contribution is -2.35. The summed E-state index contributed by atoms with van der Waals surface area (Å²) in [5.41, 5.74) is 0.385. The summed E-state index contributed by atoms with van der Waals surface area (Å²) in [6, 6.07) is 0. The summed E-state index contributed by atoms with van der Waals surface area (Å²) < 4.78 is 5.45. The molecule has 1 aromatic heterocycles. The smallest absolute Gasteiger partial charge is 0.273 e. The molecule has 1 atom stereocenters. The summed E-state index contributed by atoms with van der Waals surface area (Å²) in [5, 5.41) is 3.14. The Kier molecular flexibility index (Phi) is 5.92. The van der Waals surface area contributed by atoms with Gasteiger partial charge in [0, 0.05) is 26.7 Å². The molecule has 1 amide bonds. The molecular formula is C15H24N4O2. The normalized spacial score (nSPS) is 18.3. The molecule has 1 unspecified atom stereocenters. The quantitative estimate of drug-likeness (QED) is 0.866. The lowest BCUT2D eigenvalue weighted by Gasteiger charge is -2.26. The Morgan fingerprint density at radius 3 is 2.95 bits per heavy atom. The molecule has 2 rings (SSSR count). The number of nitrogens with zero attached hydrogens (tertiary/aromatic N) is 3. The van der Waals surface area contributed by atoms with Gasteiger partial charge in [-0.05, 0) is 25.2 Å². The van der Waals surface area contributed by atoms with Crippen molar-refractivity contribution in [3.05, 3.63) is 18.1 Å². The average Bonchev–Trinajstić information content (AvgIpc) is 2.53. The van der Waals surface area contributed by atoms with Crippen molar-refractivity contribution in [3.63, 3.8) is 0 Å². The van der Waals surface area contributed by atoms with E-state index in [-0.39, 0.29) is 5.91 Å². The molecule has 0 radical (unpaired) electrons. The molecule has 1 aromatic rings. The van der Waals surface area contributed by atoms with Crippen molar-refractivity contribution in [2.45, 2.75) is 26.2 Å². The van der Waals surface area contributed by atoms with Crippen LogP contribution in [0.4, 0.5) is 5.82 Å². The van der Waals surface area contributed by atoms with Gasteiger partial charge < -0.3 is 15.0 Å². The van der Waals surface area contributed by atoms with Crippen LogP contribution in [0.15, 0.2) is 12.4 Å². The fourth-order valence-electron chi connectivity index (χ4n) is 2.40. The molecule has 1 aliphatic heterocycles. The van der Waals surface area contributed by atoms with Gasteiger partial charge in [0.05, 0.1) is 19.0 Å². The van der Waals surface area contributed by atoms with Crippen molar-refractivity contribution in [3.8, 4) is 0 Å². The molecule has 21 heavy (non-hydrogen) atoms. The summed E-state index contributed by atoms with van der Waals surface area (Å²) >= 11 is 0. The molecule has 0 aromatic carbocycles. The zero-order valence-electron chi connectivity index (χ0n) is 12.8. The third-order valence-corrected chi connectivity index (χ3v) is 3.56. The van der Waals surface area contributed by atoms with Gasteiger partial charge >= 0.3 is 0 Å². The molecule has 6 nitrogen and oxygen atoms in total. The van der Waals surface area contributed by atoms with E-state index in [1.54, 1.807) is 11.1 Å². The molecule has 0 saturated carbocycles. The maximum absolute atomic E-state index is 12.3. The molecule has 2 heterocycles. The van der Waals surface area contributed by atoms with Crippen LogP contribution in [0.2, 0.25) is 0 Å². The minimum Gasteiger partial charge on any atom is -0.381 e. The number of aromatic nitrogens is 2. The van der Waals surface area contributed by atoms with Crippen LogP contribution >= 0.6 is 0 Å². The van der Waals surface area contributed by atoms with E-state index < -0.39 is 0 Å². The molecule has 1 aliphatic rings. The Morgan fingerprint density at radius 1 is 1.48 bits per heavy atom. The number of carbonyl (C=O) groups excluding carboxylic acids is 1. The Hall–Kier alpha value is -1.69. The molecule has 0 aliphatic carbocycles. The first-order chi connectivity index (χ1) is 10.2. The van der Waals surface area contributed by atoms with Gasteiger partial charge in [-0.3, -0.25) is 4.79 Å². The minimum absolute atomic E-state index is 0.0879. The van der Waals surface area contributed by atoms with Crippen LogP contribution in [0, 0.1) is 5.92 Å². The molecule has 1 N–H and O–H groups in total. The molecule has 116 valence electrons. The molecule has 0 spiro atoms. The van der Waals surface area contributed by atoms with E-state index in [2.05, 4.69) is 22.2 Å². The average molecular weight is 292 g/mol. The van der Waals surface area contributed by atoms with Crippen LogP contribution in [-0.2, 0) is 4.74 Å². The lowest BCUT2D eigenvalue weighted by molar-refractivity contribution is 0.0386. The van der Waals surface area contributed by atoms with E-state index in [1.807, 2.05) is 7.05 Å². The molecule has 6 heteroatoms. The summed E-state index contributed by atoms with van der Waals surface area (Å²) in [5.74, 6) is 1.04. The maximum atomic E-state index is 12.3. The SMILES string of the molecule is CCCNc1cnc(C(=O)N(C)CC2CCCOC2)cn1. The Labute approximate surface area is 125 Å². The second kappa shape index (κ2) is 7.93. The number of rotatable bonds is 6. The number of hydrogen-bond acceptors (Lipinski definition) is 5. The molecule has 1 saturated heterocycles. The first-order valence-electron chi connectivity index (χ1n) is 7.59. The van der Waals surface area contributed by atoms with Gasteiger partial charge in [0.15, 0.2) is 0 Å². The Balaban J connectivity index is 1.88. The van der Waals surface area contributed by atoms with Crippen molar-refractivity contribution in [1.29, 1.82) is 0 Å². The number of ether oxygens (including phenoxy) is 1. The van der Waals surface area contributed by atoms with Crippen LogP contribution in [0.5, 0.6) is 0 Å². The molecule has 1 fully saturated rings. The topological polar surface area (TPSA) is 67.4 Å². The van der Waals surface area contributed by atoms with Crippen molar-refractivity contribution in [2.75, 3.05) is 38.7 Å². The highest BCUT2D eigenvalue weighted by Gasteiger charge is 2.20. The van der Waals surface area contributed by atoms with Gasteiger partial charge in [0.2, 0.25) is 0 Å². The fourth-order valence-corrected chi connectivity index (χ4v) is 2.40. The highest BCUT2D eigenvalue weighted by atomic mass is 16.5. The van der Waals surface area contributed by atoms with E-state index in [4.69, 9.17) is 4.74 Å². The fraction of sp³-hybridized carbons (Fsp3) is 0.667. The van der Waals surface area contributed by atoms with Crippen molar-refractivity contribution < 1.29 is 9.53 Å². The van der Waals surface area contributed by atoms with Crippen molar-refractivity contribution >= 4 is 11.7 Å². The van der Waals surface area contributed by atoms with E-state index in [0.717, 1.165) is 39.0 Å². The maximum Gasteiger partial charge on any atom is 0.273 e. The number of hydrogen-bond donors (Lipinski definition) is 1. The number of carbonyl (C=O) groups is 1. The van der Waals surface area contributed by atoms with Crippen LogP contribution in [0.25, 0.3) is 0 Å². The summed E-state index contributed by atoms with van der Waals surface area (Å²) in [7, 11) is 1.81. The van der Waals surface area contributed by atoms with E-state index in [0.29, 0.717) is 24.0 Å². The third kappa shape index (κ3) is 4.67. The Bertz CT molecular complexity index is 443. The summed E-state index contributed by atoms with van der Waals surface area (Å²) in [6.45, 7) is 5.22. The summed E-state index contributed by atoms with van der Waals surface area (Å²) in [4.78, 5) is 22.4. The minimum atomic E-state index is -0.0879. The highest BCUT2D eigenvalue weighted by molar-refractivity contribution is 5.91. The number of anilines is 1. The highest BCUT2D eigenvalue weighted by Crippen LogP contribution is 2.15. The van der Waals surface area contributed by atoms with Gasteiger partial charge in [-0.1, -0.05) is 6.92 Å². The van der Waals surface area contributed by atoms with E-state index in [9.17, 15) is 4.79 Å². The Morgan fingerprint density at radius 2 is 2.33 bits per heavy atom.